The molecule has 0 aromatic heterocycles. The minimum absolute atomic E-state index is 0.259. The Morgan fingerprint density at radius 1 is 1.30 bits per heavy atom. The Balaban J connectivity index is 1.54. The lowest BCUT2D eigenvalue weighted by atomic mass is 10.1. The second-order valence-corrected chi connectivity index (χ2v) is 5.46. The summed E-state index contributed by atoms with van der Waals surface area (Å²) in [6.07, 6.45) is 3.87. The highest BCUT2D eigenvalue weighted by Gasteiger charge is 2.23. The van der Waals surface area contributed by atoms with Gasteiger partial charge < -0.3 is 14.4 Å². The van der Waals surface area contributed by atoms with Gasteiger partial charge in [-0.15, -0.1) is 0 Å². The highest BCUT2D eigenvalue weighted by molar-refractivity contribution is 5.76. The van der Waals surface area contributed by atoms with Crippen molar-refractivity contribution >= 4 is 5.91 Å². The number of hydrogen-bond acceptors (Lipinski definition) is 3. The van der Waals surface area contributed by atoms with Crippen LogP contribution >= 0.6 is 0 Å². The highest BCUT2D eigenvalue weighted by atomic mass is 16.6. The minimum atomic E-state index is 0.259. The molecule has 0 spiro atoms. The van der Waals surface area contributed by atoms with Crippen LogP contribution in [0.2, 0.25) is 0 Å². The predicted molar refractivity (Wildman–Crippen MR) is 75.8 cm³/mol. The van der Waals surface area contributed by atoms with Crippen molar-refractivity contribution in [2.45, 2.75) is 31.8 Å². The molecule has 2 aliphatic heterocycles. The standard InChI is InChI=1S/C16H21NO3/c18-16(17-9-3-4-10-17)8-7-13-5-1-2-6-15(13)20-12-14-11-19-14/h1-2,5-6,14H,3-4,7-12H2. The number of nitrogens with zero attached hydrogens (tertiary/aromatic N) is 1. The molecule has 4 heteroatoms. The van der Waals surface area contributed by atoms with E-state index in [1.165, 1.54) is 0 Å². The van der Waals surface area contributed by atoms with Gasteiger partial charge in [0.25, 0.3) is 0 Å². The van der Waals surface area contributed by atoms with E-state index in [-0.39, 0.29) is 12.0 Å². The second kappa shape index (κ2) is 6.27. The molecule has 0 N–H and O–H groups in total. The molecule has 3 rings (SSSR count). The molecule has 0 bridgehead atoms. The average Bonchev–Trinajstić information content (AvgIpc) is 3.14. The van der Waals surface area contributed by atoms with Crippen LogP contribution in [0.5, 0.6) is 5.75 Å². The van der Waals surface area contributed by atoms with E-state index < -0.39 is 0 Å². The van der Waals surface area contributed by atoms with Crippen molar-refractivity contribution in [3.8, 4) is 5.75 Å². The monoisotopic (exact) mass is 275 g/mol. The second-order valence-electron chi connectivity index (χ2n) is 5.46. The summed E-state index contributed by atoms with van der Waals surface area (Å²) in [6, 6.07) is 7.98. The molecule has 2 saturated heterocycles. The first-order valence-electron chi connectivity index (χ1n) is 7.43. The van der Waals surface area contributed by atoms with Gasteiger partial charge in [0.15, 0.2) is 0 Å². The number of likely N-dealkylation sites (tertiary alicyclic amines) is 1. The molecule has 1 aromatic carbocycles. The fourth-order valence-corrected chi connectivity index (χ4v) is 2.56. The molecule has 0 saturated carbocycles. The molecule has 4 nitrogen and oxygen atoms in total. The fourth-order valence-electron chi connectivity index (χ4n) is 2.56. The molecule has 1 aromatic rings. The molecule has 108 valence electrons. The van der Waals surface area contributed by atoms with Crippen LogP contribution in [0.4, 0.5) is 0 Å². The summed E-state index contributed by atoms with van der Waals surface area (Å²) in [6.45, 7) is 3.26. The third kappa shape index (κ3) is 3.51. The number of ether oxygens (including phenoxy) is 2. The van der Waals surface area contributed by atoms with Gasteiger partial charge >= 0.3 is 0 Å². The molecule has 2 heterocycles. The van der Waals surface area contributed by atoms with Crippen molar-refractivity contribution in [3.05, 3.63) is 29.8 Å². The number of carbonyl (C=O) groups is 1. The molecular formula is C16H21NO3. The lowest BCUT2D eigenvalue weighted by molar-refractivity contribution is -0.130. The van der Waals surface area contributed by atoms with E-state index in [0.29, 0.717) is 13.0 Å². The number of hydrogen-bond donors (Lipinski definition) is 0. The SMILES string of the molecule is O=C(CCc1ccccc1OCC1CO1)N1CCCC1. The van der Waals surface area contributed by atoms with Crippen molar-refractivity contribution in [3.63, 3.8) is 0 Å². The van der Waals surface area contributed by atoms with E-state index >= 15 is 0 Å². The maximum Gasteiger partial charge on any atom is 0.222 e. The Kier molecular flexibility index (Phi) is 4.21. The van der Waals surface area contributed by atoms with E-state index in [0.717, 1.165) is 50.3 Å². The number of amides is 1. The molecule has 1 atom stereocenters. The number of aryl methyl sites for hydroxylation is 1. The van der Waals surface area contributed by atoms with Crippen LogP contribution in [0.25, 0.3) is 0 Å². The van der Waals surface area contributed by atoms with Crippen LogP contribution in [0.3, 0.4) is 0 Å². The van der Waals surface area contributed by atoms with E-state index in [1.807, 2.05) is 29.2 Å². The molecule has 0 radical (unpaired) electrons. The summed E-state index contributed by atoms with van der Waals surface area (Å²) in [4.78, 5) is 14.0. The van der Waals surface area contributed by atoms with Crippen LogP contribution in [0.1, 0.15) is 24.8 Å². The van der Waals surface area contributed by atoms with Crippen molar-refractivity contribution in [2.75, 3.05) is 26.3 Å². The largest absolute Gasteiger partial charge is 0.491 e. The number of carbonyl (C=O) groups excluding carboxylic acids is 1. The van der Waals surface area contributed by atoms with Gasteiger partial charge in [0, 0.05) is 19.5 Å². The minimum Gasteiger partial charge on any atom is -0.491 e. The molecule has 2 aliphatic rings. The maximum absolute atomic E-state index is 12.1. The smallest absolute Gasteiger partial charge is 0.222 e. The Hall–Kier alpha value is -1.55. The van der Waals surface area contributed by atoms with Gasteiger partial charge in [-0.25, -0.2) is 0 Å². The van der Waals surface area contributed by atoms with Gasteiger partial charge in [0.1, 0.15) is 18.5 Å². The van der Waals surface area contributed by atoms with Gasteiger partial charge in [-0.1, -0.05) is 18.2 Å². The van der Waals surface area contributed by atoms with Gasteiger partial charge in [0.2, 0.25) is 5.91 Å². The van der Waals surface area contributed by atoms with Gasteiger partial charge in [-0.3, -0.25) is 4.79 Å². The molecular weight excluding hydrogens is 254 g/mol. The van der Waals surface area contributed by atoms with Gasteiger partial charge in [-0.2, -0.15) is 0 Å². The normalized spacial score (nSPS) is 21.0. The Labute approximate surface area is 119 Å². The number of para-hydroxylation sites is 1. The molecule has 20 heavy (non-hydrogen) atoms. The van der Waals surface area contributed by atoms with E-state index in [4.69, 9.17) is 9.47 Å². The first-order chi connectivity index (χ1) is 9.83. The van der Waals surface area contributed by atoms with Crippen LogP contribution in [0, 0.1) is 0 Å². The van der Waals surface area contributed by atoms with E-state index in [1.54, 1.807) is 0 Å². The van der Waals surface area contributed by atoms with Crippen molar-refractivity contribution < 1.29 is 14.3 Å². The van der Waals surface area contributed by atoms with Crippen molar-refractivity contribution in [1.29, 1.82) is 0 Å². The zero-order valence-electron chi connectivity index (χ0n) is 11.7. The predicted octanol–water partition coefficient (Wildman–Crippen LogP) is 2.02. The molecule has 2 fully saturated rings. The van der Waals surface area contributed by atoms with Crippen LogP contribution in [-0.4, -0.2) is 43.2 Å². The molecule has 0 aliphatic carbocycles. The van der Waals surface area contributed by atoms with E-state index in [9.17, 15) is 4.79 Å². The highest BCUT2D eigenvalue weighted by Crippen LogP contribution is 2.22. The first-order valence-corrected chi connectivity index (χ1v) is 7.43. The Morgan fingerprint density at radius 3 is 2.80 bits per heavy atom. The van der Waals surface area contributed by atoms with Gasteiger partial charge in [0.05, 0.1) is 6.61 Å². The lowest BCUT2D eigenvalue weighted by Crippen LogP contribution is -2.27. The van der Waals surface area contributed by atoms with Crippen molar-refractivity contribution in [1.82, 2.24) is 4.90 Å². The summed E-state index contributed by atoms with van der Waals surface area (Å²) in [7, 11) is 0. The van der Waals surface area contributed by atoms with Crippen molar-refractivity contribution in [2.24, 2.45) is 0 Å². The zero-order valence-corrected chi connectivity index (χ0v) is 11.7. The third-order valence-corrected chi connectivity index (χ3v) is 3.87. The quantitative estimate of drug-likeness (QED) is 0.746. The molecule has 1 amide bonds. The Morgan fingerprint density at radius 2 is 2.05 bits per heavy atom. The fraction of sp³-hybridized carbons (Fsp3) is 0.562. The average molecular weight is 275 g/mol. The summed E-state index contributed by atoms with van der Waals surface area (Å²) >= 11 is 0. The number of benzene rings is 1. The summed E-state index contributed by atoms with van der Waals surface area (Å²) in [5.74, 6) is 1.15. The topological polar surface area (TPSA) is 42.1 Å². The van der Waals surface area contributed by atoms with Crippen LogP contribution in [-0.2, 0) is 16.0 Å². The number of epoxide rings is 1. The third-order valence-electron chi connectivity index (χ3n) is 3.87. The lowest BCUT2D eigenvalue weighted by Gasteiger charge is -2.16. The zero-order chi connectivity index (χ0) is 13.8. The maximum atomic E-state index is 12.1. The van der Waals surface area contributed by atoms with Gasteiger partial charge in [-0.05, 0) is 30.9 Å². The summed E-state index contributed by atoms with van der Waals surface area (Å²) in [5, 5.41) is 0. The number of rotatable bonds is 6. The summed E-state index contributed by atoms with van der Waals surface area (Å²) in [5.41, 5.74) is 1.11. The first kappa shape index (κ1) is 13.4. The van der Waals surface area contributed by atoms with Crippen LogP contribution < -0.4 is 4.74 Å². The Bertz CT molecular complexity index is 465. The van der Waals surface area contributed by atoms with E-state index in [2.05, 4.69) is 0 Å². The molecule has 1 unspecified atom stereocenters. The van der Waals surface area contributed by atoms with Crippen LogP contribution in [0.15, 0.2) is 24.3 Å². The summed E-state index contributed by atoms with van der Waals surface area (Å²) < 4.78 is 10.9.